The lowest BCUT2D eigenvalue weighted by molar-refractivity contribution is -0.141. The Bertz CT molecular complexity index is 510. The van der Waals surface area contributed by atoms with Crippen molar-refractivity contribution in [3.8, 4) is 0 Å². The number of amides is 1. The molecule has 20 heavy (non-hydrogen) atoms. The van der Waals surface area contributed by atoms with Gasteiger partial charge in [0, 0.05) is 31.3 Å². The molecule has 1 heterocycles. The lowest BCUT2D eigenvalue weighted by atomic mass is 10.0. The van der Waals surface area contributed by atoms with E-state index in [0.29, 0.717) is 25.8 Å². The highest BCUT2D eigenvalue weighted by molar-refractivity contribution is 5.80. The van der Waals surface area contributed by atoms with Crippen LogP contribution in [0.15, 0.2) is 6.20 Å². The summed E-state index contributed by atoms with van der Waals surface area (Å²) in [6, 6.07) is 0. The summed E-state index contributed by atoms with van der Waals surface area (Å²) in [5.74, 6) is -1.37. The van der Waals surface area contributed by atoms with Crippen LogP contribution in [-0.2, 0) is 29.6 Å². The number of hydrogen-bond acceptors (Lipinski definition) is 3. The summed E-state index contributed by atoms with van der Waals surface area (Å²) in [6.45, 7) is 2.49. The van der Waals surface area contributed by atoms with Gasteiger partial charge in [-0.3, -0.25) is 14.3 Å². The monoisotopic (exact) mass is 279 g/mol. The molecule has 0 radical (unpaired) electrons. The van der Waals surface area contributed by atoms with E-state index < -0.39 is 5.97 Å². The van der Waals surface area contributed by atoms with Crippen LogP contribution in [0.3, 0.4) is 0 Å². The molecule has 110 valence electrons. The summed E-state index contributed by atoms with van der Waals surface area (Å²) in [5, 5.41) is 16.2. The largest absolute Gasteiger partial charge is 0.481 e. The van der Waals surface area contributed by atoms with E-state index in [1.165, 1.54) is 0 Å². The highest BCUT2D eigenvalue weighted by atomic mass is 16.4. The fourth-order valence-corrected chi connectivity index (χ4v) is 2.80. The third kappa shape index (κ3) is 3.18. The van der Waals surface area contributed by atoms with E-state index in [4.69, 9.17) is 5.11 Å². The highest BCUT2D eigenvalue weighted by Crippen LogP contribution is 2.31. The van der Waals surface area contributed by atoms with Crippen LogP contribution in [0.4, 0.5) is 0 Å². The molecule has 1 aliphatic carbocycles. The van der Waals surface area contributed by atoms with Gasteiger partial charge in [-0.2, -0.15) is 5.10 Å². The molecule has 6 nitrogen and oxygen atoms in total. The van der Waals surface area contributed by atoms with E-state index in [2.05, 4.69) is 10.4 Å². The van der Waals surface area contributed by atoms with Crippen molar-refractivity contribution in [2.24, 2.45) is 18.9 Å². The lowest BCUT2D eigenvalue weighted by Gasteiger charge is -2.10. The molecule has 0 aromatic carbocycles. The van der Waals surface area contributed by atoms with Crippen molar-refractivity contribution in [1.82, 2.24) is 15.1 Å². The van der Waals surface area contributed by atoms with Crippen molar-refractivity contribution >= 4 is 11.9 Å². The minimum absolute atomic E-state index is 0.0420. The minimum Gasteiger partial charge on any atom is -0.481 e. The second-order valence-electron chi connectivity index (χ2n) is 5.39. The van der Waals surface area contributed by atoms with E-state index in [1.54, 1.807) is 4.68 Å². The molecule has 2 rings (SSSR count). The first-order valence-electron chi connectivity index (χ1n) is 7.03. The van der Waals surface area contributed by atoms with Gasteiger partial charge in [0.25, 0.3) is 0 Å². The zero-order valence-electron chi connectivity index (χ0n) is 11.9. The molecule has 1 aromatic heterocycles. The summed E-state index contributed by atoms with van der Waals surface area (Å²) in [7, 11) is 1.86. The van der Waals surface area contributed by atoms with Gasteiger partial charge < -0.3 is 10.4 Å². The van der Waals surface area contributed by atoms with Gasteiger partial charge in [-0.1, -0.05) is 6.92 Å². The predicted octanol–water partition coefficient (Wildman–Crippen LogP) is 1.10. The molecule has 2 atom stereocenters. The number of carbonyl (C=O) groups is 2. The molecular weight excluding hydrogens is 258 g/mol. The number of nitrogens with one attached hydrogen (secondary N) is 1. The van der Waals surface area contributed by atoms with Crippen LogP contribution in [0.25, 0.3) is 0 Å². The number of carboxylic acids is 1. The molecular formula is C14H21N3O3. The summed E-state index contributed by atoms with van der Waals surface area (Å²) < 4.78 is 1.75. The maximum Gasteiger partial charge on any atom is 0.306 e. The van der Waals surface area contributed by atoms with Crippen molar-refractivity contribution in [2.45, 2.75) is 39.2 Å². The van der Waals surface area contributed by atoms with Crippen molar-refractivity contribution in [1.29, 1.82) is 0 Å². The Hall–Kier alpha value is -1.85. The van der Waals surface area contributed by atoms with Crippen LogP contribution >= 0.6 is 0 Å². The number of aryl methyl sites for hydroxylation is 2. The third-order valence-electron chi connectivity index (χ3n) is 3.93. The molecule has 1 saturated carbocycles. The van der Waals surface area contributed by atoms with Crippen molar-refractivity contribution in [2.75, 3.05) is 0 Å². The third-order valence-corrected chi connectivity index (χ3v) is 3.93. The number of rotatable bonds is 5. The van der Waals surface area contributed by atoms with Gasteiger partial charge >= 0.3 is 5.97 Å². The van der Waals surface area contributed by atoms with Crippen LogP contribution in [0.5, 0.6) is 0 Å². The Balaban J connectivity index is 1.88. The SMILES string of the molecule is CCc1nn(C)cc1CNC(=O)C1CCC(C(=O)O)C1. The number of nitrogens with zero attached hydrogens (tertiary/aromatic N) is 2. The molecule has 1 fully saturated rings. The van der Waals surface area contributed by atoms with E-state index in [9.17, 15) is 9.59 Å². The maximum atomic E-state index is 12.1. The molecule has 1 amide bonds. The van der Waals surface area contributed by atoms with E-state index in [0.717, 1.165) is 17.7 Å². The molecule has 0 saturated heterocycles. The van der Waals surface area contributed by atoms with Crippen molar-refractivity contribution < 1.29 is 14.7 Å². The zero-order valence-corrected chi connectivity index (χ0v) is 11.9. The Morgan fingerprint density at radius 3 is 2.75 bits per heavy atom. The Morgan fingerprint density at radius 1 is 1.45 bits per heavy atom. The summed E-state index contributed by atoms with van der Waals surface area (Å²) in [6.07, 6.45) is 4.45. The minimum atomic E-state index is -0.791. The molecule has 0 aliphatic heterocycles. The van der Waals surface area contributed by atoms with Crippen LogP contribution in [0, 0.1) is 11.8 Å². The van der Waals surface area contributed by atoms with Gasteiger partial charge in [0.1, 0.15) is 0 Å². The van der Waals surface area contributed by atoms with Crippen molar-refractivity contribution in [3.05, 3.63) is 17.5 Å². The van der Waals surface area contributed by atoms with Gasteiger partial charge in [-0.25, -0.2) is 0 Å². The van der Waals surface area contributed by atoms with Gasteiger partial charge in [0.2, 0.25) is 5.91 Å². The van der Waals surface area contributed by atoms with E-state index in [1.807, 2.05) is 20.2 Å². The topological polar surface area (TPSA) is 84.2 Å². The normalized spacial score (nSPS) is 21.9. The second kappa shape index (κ2) is 6.07. The molecule has 0 spiro atoms. The van der Waals surface area contributed by atoms with E-state index in [-0.39, 0.29) is 17.7 Å². The predicted molar refractivity (Wildman–Crippen MR) is 72.9 cm³/mol. The molecule has 2 N–H and O–H groups in total. The van der Waals surface area contributed by atoms with Crippen LogP contribution in [0.2, 0.25) is 0 Å². The fraction of sp³-hybridized carbons (Fsp3) is 0.643. The smallest absolute Gasteiger partial charge is 0.306 e. The quantitative estimate of drug-likeness (QED) is 0.845. The first-order valence-corrected chi connectivity index (χ1v) is 7.03. The Kier molecular flexibility index (Phi) is 4.42. The fourth-order valence-electron chi connectivity index (χ4n) is 2.80. The highest BCUT2D eigenvalue weighted by Gasteiger charge is 2.33. The summed E-state index contributed by atoms with van der Waals surface area (Å²) in [5.41, 5.74) is 2.01. The summed E-state index contributed by atoms with van der Waals surface area (Å²) >= 11 is 0. The van der Waals surface area contributed by atoms with Gasteiger partial charge in [-0.05, 0) is 25.7 Å². The number of aliphatic carboxylic acids is 1. The number of hydrogen-bond donors (Lipinski definition) is 2. The lowest BCUT2D eigenvalue weighted by Crippen LogP contribution is -2.29. The molecule has 0 bridgehead atoms. The van der Waals surface area contributed by atoms with E-state index >= 15 is 0 Å². The summed E-state index contributed by atoms with van der Waals surface area (Å²) in [4.78, 5) is 23.0. The standard InChI is InChI=1S/C14H21N3O3/c1-3-12-11(8-17(2)16-12)7-15-13(18)9-4-5-10(6-9)14(19)20/h8-10H,3-7H2,1-2H3,(H,15,18)(H,19,20). The van der Waals surface area contributed by atoms with Gasteiger partial charge in [0.15, 0.2) is 0 Å². The number of carbonyl (C=O) groups excluding carboxylic acids is 1. The molecule has 1 aromatic rings. The Labute approximate surface area is 118 Å². The average molecular weight is 279 g/mol. The number of carboxylic acid groups (broad SMARTS) is 1. The Morgan fingerprint density at radius 2 is 2.15 bits per heavy atom. The maximum absolute atomic E-state index is 12.1. The molecule has 1 aliphatic rings. The van der Waals surface area contributed by atoms with Crippen LogP contribution < -0.4 is 5.32 Å². The first kappa shape index (κ1) is 14.6. The van der Waals surface area contributed by atoms with Crippen molar-refractivity contribution in [3.63, 3.8) is 0 Å². The van der Waals surface area contributed by atoms with Crippen LogP contribution in [0.1, 0.15) is 37.4 Å². The molecule has 2 unspecified atom stereocenters. The first-order chi connectivity index (χ1) is 9.51. The number of aromatic nitrogens is 2. The zero-order chi connectivity index (χ0) is 14.7. The average Bonchev–Trinajstić information content (AvgIpc) is 3.02. The van der Waals surface area contributed by atoms with Crippen LogP contribution in [-0.4, -0.2) is 26.8 Å². The second-order valence-corrected chi connectivity index (χ2v) is 5.39. The van der Waals surface area contributed by atoms with Gasteiger partial charge in [0.05, 0.1) is 11.6 Å². The van der Waals surface area contributed by atoms with Gasteiger partial charge in [-0.15, -0.1) is 0 Å². The molecule has 6 heteroatoms.